The molecule has 0 radical (unpaired) electrons. The van der Waals surface area contributed by atoms with E-state index in [0.29, 0.717) is 5.56 Å². The standard InChI is InChI=1S/C21H20BrN3O5/c1-13-3-2-4-17(9-13)25-11-15(10-19(25)27)21(29)30-12-18(26)23-24-20(28)14-5-7-16(22)8-6-14/h2-9,15H,10-12H2,1H3,(H,23,26)(H,24,28)/t15-/m0/s1. The third kappa shape index (κ3) is 5.44. The summed E-state index contributed by atoms with van der Waals surface area (Å²) in [7, 11) is 0. The maximum atomic E-state index is 12.3. The highest BCUT2D eigenvalue weighted by Crippen LogP contribution is 2.26. The lowest BCUT2D eigenvalue weighted by Gasteiger charge is -2.17. The van der Waals surface area contributed by atoms with Crippen molar-refractivity contribution in [3.8, 4) is 0 Å². The second kappa shape index (κ2) is 9.53. The van der Waals surface area contributed by atoms with Crippen LogP contribution in [-0.2, 0) is 19.1 Å². The van der Waals surface area contributed by atoms with Gasteiger partial charge in [0.2, 0.25) is 5.91 Å². The van der Waals surface area contributed by atoms with E-state index in [1.165, 1.54) is 4.90 Å². The normalized spacial score (nSPS) is 15.6. The molecule has 30 heavy (non-hydrogen) atoms. The van der Waals surface area contributed by atoms with E-state index in [4.69, 9.17) is 4.74 Å². The number of aryl methyl sites for hydroxylation is 1. The smallest absolute Gasteiger partial charge is 0.311 e. The van der Waals surface area contributed by atoms with Crippen molar-refractivity contribution >= 4 is 45.3 Å². The van der Waals surface area contributed by atoms with Gasteiger partial charge in [-0.1, -0.05) is 28.1 Å². The van der Waals surface area contributed by atoms with Gasteiger partial charge in [-0.3, -0.25) is 30.0 Å². The molecule has 3 rings (SSSR count). The number of esters is 1. The topological polar surface area (TPSA) is 105 Å². The number of hydrogen-bond donors (Lipinski definition) is 2. The summed E-state index contributed by atoms with van der Waals surface area (Å²) in [5.74, 6) is -2.64. The van der Waals surface area contributed by atoms with Crippen LogP contribution in [0.1, 0.15) is 22.3 Å². The number of nitrogens with zero attached hydrogens (tertiary/aromatic N) is 1. The zero-order chi connectivity index (χ0) is 21.7. The number of anilines is 1. The van der Waals surface area contributed by atoms with Crippen LogP contribution in [0.3, 0.4) is 0 Å². The summed E-state index contributed by atoms with van der Waals surface area (Å²) in [6.45, 7) is 1.56. The molecule has 1 heterocycles. The van der Waals surface area contributed by atoms with Crippen molar-refractivity contribution in [1.29, 1.82) is 0 Å². The van der Waals surface area contributed by atoms with Crippen LogP contribution >= 0.6 is 15.9 Å². The van der Waals surface area contributed by atoms with E-state index in [2.05, 4.69) is 26.8 Å². The molecule has 1 aliphatic rings. The number of carbonyl (C=O) groups excluding carboxylic acids is 4. The Kier molecular flexibility index (Phi) is 6.83. The van der Waals surface area contributed by atoms with Crippen LogP contribution in [0.5, 0.6) is 0 Å². The molecule has 1 saturated heterocycles. The highest BCUT2D eigenvalue weighted by Gasteiger charge is 2.36. The number of amides is 3. The summed E-state index contributed by atoms with van der Waals surface area (Å²) in [6, 6.07) is 14.0. The minimum Gasteiger partial charge on any atom is -0.455 e. The van der Waals surface area contributed by atoms with E-state index in [0.717, 1.165) is 15.7 Å². The van der Waals surface area contributed by atoms with Gasteiger partial charge in [-0.25, -0.2) is 0 Å². The van der Waals surface area contributed by atoms with Gasteiger partial charge >= 0.3 is 5.97 Å². The maximum Gasteiger partial charge on any atom is 0.311 e. The lowest BCUT2D eigenvalue weighted by atomic mass is 10.1. The molecule has 0 spiro atoms. The van der Waals surface area contributed by atoms with Gasteiger partial charge in [0.15, 0.2) is 6.61 Å². The summed E-state index contributed by atoms with van der Waals surface area (Å²) in [4.78, 5) is 49.9. The van der Waals surface area contributed by atoms with Crippen molar-refractivity contribution in [3.05, 3.63) is 64.1 Å². The van der Waals surface area contributed by atoms with Gasteiger partial charge in [-0.15, -0.1) is 0 Å². The van der Waals surface area contributed by atoms with Crippen LogP contribution in [0.4, 0.5) is 5.69 Å². The Morgan fingerprint density at radius 1 is 1.13 bits per heavy atom. The highest BCUT2D eigenvalue weighted by molar-refractivity contribution is 9.10. The fourth-order valence-corrected chi connectivity index (χ4v) is 3.27. The summed E-state index contributed by atoms with van der Waals surface area (Å²) >= 11 is 3.27. The molecule has 1 fully saturated rings. The molecule has 1 aliphatic heterocycles. The van der Waals surface area contributed by atoms with Gasteiger partial charge in [0.25, 0.3) is 11.8 Å². The van der Waals surface area contributed by atoms with Crippen LogP contribution in [0.25, 0.3) is 0 Å². The van der Waals surface area contributed by atoms with Crippen molar-refractivity contribution < 1.29 is 23.9 Å². The number of nitrogens with one attached hydrogen (secondary N) is 2. The molecule has 2 N–H and O–H groups in total. The van der Waals surface area contributed by atoms with Crippen LogP contribution in [-0.4, -0.2) is 36.8 Å². The molecular formula is C21H20BrN3O5. The Balaban J connectivity index is 1.45. The number of ether oxygens (including phenoxy) is 1. The molecule has 9 heteroatoms. The molecule has 0 bridgehead atoms. The average Bonchev–Trinajstić information content (AvgIpc) is 3.12. The Labute approximate surface area is 181 Å². The zero-order valence-electron chi connectivity index (χ0n) is 16.2. The Morgan fingerprint density at radius 2 is 1.87 bits per heavy atom. The number of hydrogen-bond acceptors (Lipinski definition) is 5. The Hall–Kier alpha value is -3.20. The molecule has 156 valence electrons. The minimum atomic E-state index is -0.686. The van der Waals surface area contributed by atoms with Crippen LogP contribution in [0.15, 0.2) is 53.0 Å². The SMILES string of the molecule is Cc1cccc(N2C[C@@H](C(=O)OCC(=O)NNC(=O)c3ccc(Br)cc3)CC2=O)c1. The average molecular weight is 474 g/mol. The lowest BCUT2D eigenvalue weighted by molar-refractivity contribution is -0.152. The first-order valence-electron chi connectivity index (χ1n) is 9.22. The first kappa shape index (κ1) is 21.5. The molecule has 2 aromatic carbocycles. The predicted molar refractivity (Wildman–Crippen MR) is 112 cm³/mol. The number of halogens is 1. The van der Waals surface area contributed by atoms with Crippen LogP contribution < -0.4 is 15.8 Å². The monoisotopic (exact) mass is 473 g/mol. The first-order chi connectivity index (χ1) is 14.3. The van der Waals surface area contributed by atoms with Gasteiger partial charge in [0.1, 0.15) is 0 Å². The van der Waals surface area contributed by atoms with Crippen molar-refractivity contribution in [2.24, 2.45) is 5.92 Å². The molecule has 0 aromatic heterocycles. The predicted octanol–water partition coefficient (Wildman–Crippen LogP) is 2.11. The third-order valence-electron chi connectivity index (χ3n) is 4.54. The largest absolute Gasteiger partial charge is 0.455 e. The molecule has 2 aromatic rings. The van der Waals surface area contributed by atoms with E-state index in [9.17, 15) is 19.2 Å². The molecule has 8 nitrogen and oxygen atoms in total. The summed E-state index contributed by atoms with van der Waals surface area (Å²) in [5.41, 5.74) is 6.52. The van der Waals surface area contributed by atoms with E-state index in [1.807, 2.05) is 25.1 Å². The van der Waals surface area contributed by atoms with Crippen molar-refractivity contribution in [1.82, 2.24) is 10.9 Å². The lowest BCUT2D eigenvalue weighted by Crippen LogP contribution is -2.43. The van der Waals surface area contributed by atoms with E-state index < -0.39 is 30.3 Å². The number of benzene rings is 2. The van der Waals surface area contributed by atoms with Crippen molar-refractivity contribution in [2.75, 3.05) is 18.1 Å². The second-order valence-electron chi connectivity index (χ2n) is 6.86. The van der Waals surface area contributed by atoms with Gasteiger partial charge in [-0.2, -0.15) is 0 Å². The number of rotatable bonds is 5. The molecule has 1 atom stereocenters. The quantitative estimate of drug-likeness (QED) is 0.511. The number of hydrazine groups is 1. The van der Waals surface area contributed by atoms with Gasteiger partial charge < -0.3 is 9.64 Å². The fraction of sp³-hybridized carbons (Fsp3) is 0.238. The van der Waals surface area contributed by atoms with E-state index in [1.54, 1.807) is 30.3 Å². The van der Waals surface area contributed by atoms with Crippen LogP contribution in [0.2, 0.25) is 0 Å². The Morgan fingerprint density at radius 3 is 2.57 bits per heavy atom. The molecule has 3 amide bonds. The fourth-order valence-electron chi connectivity index (χ4n) is 3.00. The maximum absolute atomic E-state index is 12.3. The molecule has 0 unspecified atom stereocenters. The van der Waals surface area contributed by atoms with Crippen molar-refractivity contribution in [2.45, 2.75) is 13.3 Å². The van der Waals surface area contributed by atoms with Crippen LogP contribution in [0, 0.1) is 12.8 Å². The summed E-state index contributed by atoms with van der Waals surface area (Å²) < 4.78 is 5.83. The van der Waals surface area contributed by atoms with Gasteiger partial charge in [0, 0.05) is 28.7 Å². The summed E-state index contributed by atoms with van der Waals surface area (Å²) in [6.07, 6.45) is 0.0225. The number of carbonyl (C=O) groups is 4. The highest BCUT2D eigenvalue weighted by atomic mass is 79.9. The molecule has 0 saturated carbocycles. The zero-order valence-corrected chi connectivity index (χ0v) is 17.8. The van der Waals surface area contributed by atoms with Gasteiger partial charge in [0.05, 0.1) is 5.92 Å². The molecule has 0 aliphatic carbocycles. The van der Waals surface area contributed by atoms with Gasteiger partial charge in [-0.05, 0) is 48.9 Å². The van der Waals surface area contributed by atoms with E-state index in [-0.39, 0.29) is 18.9 Å². The third-order valence-corrected chi connectivity index (χ3v) is 5.07. The van der Waals surface area contributed by atoms with E-state index >= 15 is 0 Å². The summed E-state index contributed by atoms with van der Waals surface area (Å²) in [5, 5.41) is 0. The second-order valence-corrected chi connectivity index (χ2v) is 7.78. The molecular weight excluding hydrogens is 454 g/mol. The Bertz CT molecular complexity index is 977. The first-order valence-corrected chi connectivity index (χ1v) is 10.0. The minimum absolute atomic E-state index is 0.0225. The van der Waals surface area contributed by atoms with Crippen molar-refractivity contribution in [3.63, 3.8) is 0 Å².